The molecule has 0 bridgehead atoms. The van der Waals surface area contributed by atoms with Gasteiger partial charge in [-0.05, 0) is 61.4 Å². The van der Waals surface area contributed by atoms with E-state index >= 15 is 0 Å². The van der Waals surface area contributed by atoms with Crippen molar-refractivity contribution < 1.29 is 13.9 Å². The number of nitrogens with one attached hydrogen (secondary N) is 1. The van der Waals surface area contributed by atoms with Crippen LogP contribution in [0.25, 0.3) is 5.69 Å². The zero-order valence-electron chi connectivity index (χ0n) is 14.0. The van der Waals surface area contributed by atoms with E-state index in [4.69, 9.17) is 4.74 Å². The van der Waals surface area contributed by atoms with E-state index in [1.807, 2.05) is 32.0 Å². The van der Waals surface area contributed by atoms with Crippen LogP contribution in [0, 0.1) is 19.7 Å². The van der Waals surface area contributed by atoms with E-state index in [2.05, 4.69) is 10.4 Å². The summed E-state index contributed by atoms with van der Waals surface area (Å²) in [5.74, 6) is -0.209. The van der Waals surface area contributed by atoms with Crippen LogP contribution >= 0.6 is 0 Å². The lowest BCUT2D eigenvalue weighted by atomic mass is 10.1. The third kappa shape index (κ3) is 4.03. The van der Waals surface area contributed by atoms with Crippen molar-refractivity contribution in [1.29, 1.82) is 0 Å². The number of carbonyl (C=O) groups excluding carboxylic acids is 1. The van der Waals surface area contributed by atoms with Gasteiger partial charge in [0, 0.05) is 18.1 Å². The molecule has 1 N–H and O–H groups in total. The number of ether oxygens (including phenoxy) is 1. The molecule has 0 aliphatic heterocycles. The average Bonchev–Trinajstić information content (AvgIpc) is 3.10. The smallest absolute Gasteiger partial charge is 0.262 e. The number of aryl methyl sites for hydroxylation is 2. The van der Waals surface area contributed by atoms with Gasteiger partial charge < -0.3 is 10.1 Å². The molecule has 0 unspecified atom stereocenters. The van der Waals surface area contributed by atoms with E-state index in [0.717, 1.165) is 11.1 Å². The van der Waals surface area contributed by atoms with Gasteiger partial charge >= 0.3 is 0 Å². The maximum atomic E-state index is 14.2. The Labute approximate surface area is 145 Å². The number of carbonyl (C=O) groups is 1. The molecule has 0 aliphatic carbocycles. The Morgan fingerprint density at radius 1 is 1.20 bits per heavy atom. The Bertz CT molecular complexity index is 892. The van der Waals surface area contributed by atoms with E-state index in [9.17, 15) is 9.18 Å². The highest BCUT2D eigenvalue weighted by Crippen LogP contribution is 2.18. The number of amides is 1. The number of hydrogen-bond donors (Lipinski definition) is 1. The Morgan fingerprint density at radius 3 is 2.72 bits per heavy atom. The topological polar surface area (TPSA) is 56.1 Å². The molecule has 1 amide bonds. The Kier molecular flexibility index (Phi) is 4.79. The van der Waals surface area contributed by atoms with Gasteiger partial charge in [-0.15, -0.1) is 0 Å². The molecule has 1 heterocycles. The summed E-state index contributed by atoms with van der Waals surface area (Å²) in [6, 6.07) is 11.8. The summed E-state index contributed by atoms with van der Waals surface area (Å²) in [6.45, 7) is 3.84. The predicted octanol–water partition coefficient (Wildman–Crippen LogP) is 3.65. The zero-order chi connectivity index (χ0) is 17.8. The van der Waals surface area contributed by atoms with Crippen molar-refractivity contribution in [3.8, 4) is 11.4 Å². The van der Waals surface area contributed by atoms with Gasteiger partial charge in [-0.2, -0.15) is 5.10 Å². The molecule has 6 heteroatoms. The Hall–Kier alpha value is -3.15. The fourth-order valence-corrected chi connectivity index (χ4v) is 2.33. The van der Waals surface area contributed by atoms with Gasteiger partial charge in [0.05, 0.1) is 0 Å². The summed E-state index contributed by atoms with van der Waals surface area (Å²) in [5.41, 5.74) is 2.93. The Morgan fingerprint density at radius 2 is 2.04 bits per heavy atom. The quantitative estimate of drug-likeness (QED) is 0.772. The van der Waals surface area contributed by atoms with Gasteiger partial charge in [-0.1, -0.05) is 6.07 Å². The molecule has 0 fully saturated rings. The highest BCUT2D eigenvalue weighted by atomic mass is 19.1. The zero-order valence-corrected chi connectivity index (χ0v) is 14.0. The maximum absolute atomic E-state index is 14.2. The van der Waals surface area contributed by atoms with E-state index in [1.54, 1.807) is 30.6 Å². The lowest BCUT2D eigenvalue weighted by molar-refractivity contribution is -0.118. The van der Waals surface area contributed by atoms with E-state index in [0.29, 0.717) is 17.1 Å². The predicted molar refractivity (Wildman–Crippen MR) is 93.6 cm³/mol. The molecule has 1 aromatic heterocycles. The first-order valence-electron chi connectivity index (χ1n) is 7.82. The highest BCUT2D eigenvalue weighted by Gasteiger charge is 2.09. The minimum atomic E-state index is -0.475. The molecule has 0 aliphatic rings. The van der Waals surface area contributed by atoms with Gasteiger partial charge in [-0.3, -0.25) is 4.79 Å². The molecule has 0 atom stereocenters. The molecule has 3 aromatic rings. The monoisotopic (exact) mass is 339 g/mol. The second-order valence-corrected chi connectivity index (χ2v) is 5.70. The number of anilines is 1. The fraction of sp³-hybridized carbons (Fsp3) is 0.158. The molecule has 5 nitrogen and oxygen atoms in total. The summed E-state index contributed by atoms with van der Waals surface area (Å²) in [5, 5.41) is 6.60. The molecule has 2 aromatic carbocycles. The van der Waals surface area contributed by atoms with Gasteiger partial charge in [0.1, 0.15) is 11.4 Å². The van der Waals surface area contributed by atoms with E-state index < -0.39 is 5.82 Å². The van der Waals surface area contributed by atoms with Gasteiger partial charge in [0.25, 0.3) is 5.91 Å². The summed E-state index contributed by atoms with van der Waals surface area (Å²) < 4.78 is 21.0. The molecule has 0 saturated carbocycles. The first-order valence-corrected chi connectivity index (χ1v) is 7.82. The standard InChI is InChI=1S/C19H18FN3O2/c1-13-4-6-16(10-14(13)2)25-12-19(24)22-15-5-7-18(17(20)11-15)23-9-3-8-21-23/h3-11H,12H2,1-2H3,(H,22,24). The lowest BCUT2D eigenvalue weighted by Gasteiger charge is -2.10. The fourth-order valence-electron chi connectivity index (χ4n) is 2.33. The number of benzene rings is 2. The molecule has 0 saturated heterocycles. The Balaban J connectivity index is 1.61. The van der Waals surface area contributed by atoms with Gasteiger partial charge in [-0.25, -0.2) is 9.07 Å². The van der Waals surface area contributed by atoms with Crippen LogP contribution in [0.15, 0.2) is 54.9 Å². The summed E-state index contributed by atoms with van der Waals surface area (Å²) >= 11 is 0. The second-order valence-electron chi connectivity index (χ2n) is 5.70. The summed E-state index contributed by atoms with van der Waals surface area (Å²) in [4.78, 5) is 12.0. The van der Waals surface area contributed by atoms with Crippen molar-refractivity contribution in [1.82, 2.24) is 9.78 Å². The largest absolute Gasteiger partial charge is 0.484 e. The van der Waals surface area contributed by atoms with Crippen molar-refractivity contribution in [2.75, 3.05) is 11.9 Å². The molecular formula is C19H18FN3O2. The number of halogens is 1. The molecule has 0 spiro atoms. The van der Waals surface area contributed by atoms with Gasteiger partial charge in [0.2, 0.25) is 0 Å². The first-order chi connectivity index (χ1) is 12.0. The average molecular weight is 339 g/mol. The minimum Gasteiger partial charge on any atom is -0.484 e. The van der Waals surface area contributed by atoms with Crippen LogP contribution in [0.4, 0.5) is 10.1 Å². The molecule has 25 heavy (non-hydrogen) atoms. The van der Waals surface area contributed by atoms with Crippen molar-refractivity contribution in [3.05, 3.63) is 71.8 Å². The second kappa shape index (κ2) is 7.17. The van der Waals surface area contributed by atoms with Crippen LogP contribution < -0.4 is 10.1 Å². The SMILES string of the molecule is Cc1ccc(OCC(=O)Nc2ccc(-n3cccn3)c(F)c2)cc1C. The molecule has 3 rings (SSSR count). The normalized spacial score (nSPS) is 10.5. The third-order valence-electron chi connectivity index (χ3n) is 3.83. The number of rotatable bonds is 5. The van der Waals surface area contributed by atoms with Gasteiger partial charge in [0.15, 0.2) is 12.4 Å². The van der Waals surface area contributed by atoms with Crippen LogP contribution in [0.5, 0.6) is 5.75 Å². The van der Waals surface area contributed by atoms with Crippen LogP contribution in [0.2, 0.25) is 0 Å². The van der Waals surface area contributed by atoms with E-state index in [-0.39, 0.29) is 12.5 Å². The third-order valence-corrected chi connectivity index (χ3v) is 3.83. The van der Waals surface area contributed by atoms with Crippen LogP contribution in [0.1, 0.15) is 11.1 Å². The van der Waals surface area contributed by atoms with Crippen LogP contribution in [-0.4, -0.2) is 22.3 Å². The highest BCUT2D eigenvalue weighted by molar-refractivity contribution is 5.92. The van der Waals surface area contributed by atoms with Crippen LogP contribution in [-0.2, 0) is 4.79 Å². The first kappa shape index (κ1) is 16.7. The van der Waals surface area contributed by atoms with Crippen molar-refractivity contribution in [2.24, 2.45) is 0 Å². The van der Waals surface area contributed by atoms with Crippen molar-refractivity contribution in [3.63, 3.8) is 0 Å². The minimum absolute atomic E-state index is 0.148. The van der Waals surface area contributed by atoms with Crippen LogP contribution in [0.3, 0.4) is 0 Å². The van der Waals surface area contributed by atoms with Crippen molar-refractivity contribution >= 4 is 11.6 Å². The molecule has 0 radical (unpaired) electrons. The molecule has 128 valence electrons. The maximum Gasteiger partial charge on any atom is 0.262 e. The summed E-state index contributed by atoms with van der Waals surface area (Å²) in [7, 11) is 0. The number of nitrogens with zero attached hydrogens (tertiary/aromatic N) is 2. The number of aromatic nitrogens is 2. The van der Waals surface area contributed by atoms with Crippen molar-refractivity contribution in [2.45, 2.75) is 13.8 Å². The lowest BCUT2D eigenvalue weighted by Crippen LogP contribution is -2.20. The number of hydrogen-bond acceptors (Lipinski definition) is 3. The summed E-state index contributed by atoms with van der Waals surface area (Å²) in [6.07, 6.45) is 3.22. The molecular weight excluding hydrogens is 321 g/mol. The van der Waals surface area contributed by atoms with E-state index in [1.165, 1.54) is 10.7 Å².